The number of hydrogen-bond donors (Lipinski definition) is 1. The van der Waals surface area contributed by atoms with Gasteiger partial charge < -0.3 is 5.32 Å². The molecule has 2 aromatic heterocycles. The van der Waals surface area contributed by atoms with Crippen molar-refractivity contribution in [1.82, 2.24) is 9.13 Å². The van der Waals surface area contributed by atoms with Gasteiger partial charge in [0.25, 0.3) is 5.56 Å². The number of benzene rings is 2. The average molecular weight is 454 g/mol. The topological polar surface area (TPSA) is 73.1 Å². The lowest BCUT2D eigenvalue weighted by atomic mass is 10.2. The molecule has 0 aliphatic heterocycles. The second-order valence-electron chi connectivity index (χ2n) is 7.19. The Hall–Kier alpha value is -3.16. The predicted octanol–water partition coefficient (Wildman–Crippen LogP) is 4.38. The van der Waals surface area contributed by atoms with Crippen LogP contribution in [0.3, 0.4) is 0 Å². The van der Waals surface area contributed by atoms with E-state index < -0.39 is 11.2 Å². The number of anilines is 1. The van der Waals surface area contributed by atoms with E-state index in [1.54, 1.807) is 42.5 Å². The van der Waals surface area contributed by atoms with Crippen LogP contribution < -0.4 is 16.6 Å². The van der Waals surface area contributed by atoms with Crippen molar-refractivity contribution < 1.29 is 4.79 Å². The van der Waals surface area contributed by atoms with E-state index in [9.17, 15) is 14.4 Å². The van der Waals surface area contributed by atoms with Gasteiger partial charge >= 0.3 is 5.69 Å². The van der Waals surface area contributed by atoms with Crippen LogP contribution in [0.4, 0.5) is 5.69 Å². The molecule has 0 atom stereocenters. The summed E-state index contributed by atoms with van der Waals surface area (Å²) in [6.07, 6.45) is 0.722. The van der Waals surface area contributed by atoms with Gasteiger partial charge in [0.05, 0.1) is 11.1 Å². The van der Waals surface area contributed by atoms with Crippen molar-refractivity contribution in [3.63, 3.8) is 0 Å². The lowest BCUT2D eigenvalue weighted by molar-refractivity contribution is -0.116. The lowest BCUT2D eigenvalue weighted by Crippen LogP contribution is -2.40. The van der Waals surface area contributed by atoms with E-state index in [1.165, 1.54) is 15.9 Å². The minimum absolute atomic E-state index is 0.215. The van der Waals surface area contributed by atoms with E-state index in [-0.39, 0.29) is 12.5 Å². The summed E-state index contributed by atoms with van der Waals surface area (Å²) in [7, 11) is 0. The highest BCUT2D eigenvalue weighted by Gasteiger charge is 2.19. The van der Waals surface area contributed by atoms with Crippen molar-refractivity contribution in [2.45, 2.75) is 26.8 Å². The van der Waals surface area contributed by atoms with Crippen LogP contribution in [-0.4, -0.2) is 15.0 Å². The Kier molecular flexibility index (Phi) is 5.80. The van der Waals surface area contributed by atoms with Gasteiger partial charge in [-0.2, -0.15) is 0 Å². The van der Waals surface area contributed by atoms with Crippen LogP contribution in [0.15, 0.2) is 64.2 Å². The number of halogens is 1. The Bertz CT molecular complexity index is 1400. The fourth-order valence-corrected chi connectivity index (χ4v) is 4.60. The lowest BCUT2D eigenvalue weighted by Gasteiger charge is -2.12. The monoisotopic (exact) mass is 453 g/mol. The minimum atomic E-state index is -0.580. The maximum atomic E-state index is 13.4. The van der Waals surface area contributed by atoms with Crippen LogP contribution >= 0.6 is 22.9 Å². The van der Waals surface area contributed by atoms with Crippen LogP contribution in [0.1, 0.15) is 17.4 Å². The van der Waals surface area contributed by atoms with Crippen LogP contribution in [0, 0.1) is 6.92 Å². The van der Waals surface area contributed by atoms with E-state index in [1.807, 2.05) is 26.0 Å². The van der Waals surface area contributed by atoms with Gasteiger partial charge in [0, 0.05) is 15.6 Å². The highest BCUT2D eigenvalue weighted by molar-refractivity contribution is 7.18. The predicted molar refractivity (Wildman–Crippen MR) is 126 cm³/mol. The molecule has 1 amide bonds. The third-order valence-corrected chi connectivity index (χ3v) is 6.45. The highest BCUT2D eigenvalue weighted by atomic mass is 35.5. The molecule has 2 aromatic carbocycles. The largest absolute Gasteiger partial charge is 0.337 e. The van der Waals surface area contributed by atoms with Crippen molar-refractivity contribution in [2.24, 2.45) is 0 Å². The molecule has 4 aromatic rings. The first kappa shape index (κ1) is 21.1. The molecular formula is C23H20ClN3O3S. The second kappa shape index (κ2) is 8.53. The first-order chi connectivity index (χ1) is 14.9. The molecule has 0 radical (unpaired) electrons. The van der Waals surface area contributed by atoms with E-state index in [0.717, 1.165) is 21.4 Å². The zero-order valence-corrected chi connectivity index (χ0v) is 18.6. The number of aromatic nitrogens is 2. The number of rotatable bonds is 5. The first-order valence-electron chi connectivity index (χ1n) is 9.78. The number of fused-ring (bicyclic) bond motifs is 1. The molecule has 0 spiro atoms. The number of carbonyl (C=O) groups is 1. The Morgan fingerprint density at radius 2 is 1.84 bits per heavy atom. The highest BCUT2D eigenvalue weighted by Crippen LogP contribution is 2.23. The fraction of sp³-hybridized carbons (Fsp3) is 0.174. The van der Waals surface area contributed by atoms with Gasteiger partial charge in [-0.3, -0.25) is 14.2 Å². The number of amides is 1. The van der Waals surface area contributed by atoms with Crippen LogP contribution in [0.2, 0.25) is 5.02 Å². The van der Waals surface area contributed by atoms with Gasteiger partial charge in [-0.05, 0) is 49.7 Å². The zero-order chi connectivity index (χ0) is 22.1. The number of carbonyl (C=O) groups excluding carboxylic acids is 1. The quantitative estimate of drug-likeness (QED) is 0.487. The van der Waals surface area contributed by atoms with Crippen molar-refractivity contribution in [3.8, 4) is 5.69 Å². The van der Waals surface area contributed by atoms with Gasteiger partial charge in [-0.1, -0.05) is 42.3 Å². The summed E-state index contributed by atoms with van der Waals surface area (Å²) >= 11 is 7.44. The Morgan fingerprint density at radius 1 is 1.10 bits per heavy atom. The third-order valence-electron chi connectivity index (χ3n) is 4.92. The molecule has 1 N–H and O–H groups in total. The van der Waals surface area contributed by atoms with E-state index in [4.69, 9.17) is 11.6 Å². The van der Waals surface area contributed by atoms with Crippen LogP contribution in [0.25, 0.3) is 15.9 Å². The van der Waals surface area contributed by atoms with Crippen molar-refractivity contribution >= 4 is 44.7 Å². The molecule has 0 saturated carbocycles. The van der Waals surface area contributed by atoms with Gasteiger partial charge in [0.1, 0.15) is 11.4 Å². The Balaban J connectivity index is 1.84. The summed E-state index contributed by atoms with van der Waals surface area (Å²) in [6.45, 7) is 3.73. The zero-order valence-electron chi connectivity index (χ0n) is 17.0. The molecule has 0 bridgehead atoms. The number of nitrogens with one attached hydrogen (secondary N) is 1. The molecule has 0 unspecified atom stereocenters. The van der Waals surface area contributed by atoms with Crippen molar-refractivity contribution in [2.75, 3.05) is 5.32 Å². The Morgan fingerprint density at radius 3 is 2.52 bits per heavy atom. The molecule has 0 saturated heterocycles. The summed E-state index contributed by atoms with van der Waals surface area (Å²) < 4.78 is 2.42. The number of hydrogen-bond acceptors (Lipinski definition) is 4. The summed E-state index contributed by atoms with van der Waals surface area (Å²) in [5.74, 6) is -0.352. The maximum absolute atomic E-state index is 13.4. The molecule has 0 fully saturated rings. The molecule has 2 heterocycles. The number of nitrogens with zero attached hydrogens (tertiary/aromatic N) is 2. The average Bonchev–Trinajstić information content (AvgIpc) is 3.18. The standard InChI is InChI=1S/C23H20ClN3O3S/c1-3-18-12-19-21(29)27(17-6-4-5-15(24)11-17)23(30)26(22(19)31-18)13-20(28)25-16-9-7-14(2)8-10-16/h4-12H,3,13H2,1-2H3,(H,25,28). The van der Waals surface area contributed by atoms with Gasteiger partial charge in [-0.15, -0.1) is 11.3 Å². The minimum Gasteiger partial charge on any atom is -0.325 e. The molecule has 6 nitrogen and oxygen atoms in total. The normalized spacial score (nSPS) is 11.1. The van der Waals surface area contributed by atoms with Gasteiger partial charge in [0.2, 0.25) is 5.91 Å². The summed E-state index contributed by atoms with van der Waals surface area (Å²) in [6, 6.07) is 15.7. The van der Waals surface area contributed by atoms with E-state index in [0.29, 0.717) is 26.6 Å². The smallest absolute Gasteiger partial charge is 0.325 e. The molecule has 4 rings (SSSR count). The third kappa shape index (κ3) is 4.19. The number of aryl methyl sites for hydroxylation is 2. The Labute approximate surface area is 187 Å². The first-order valence-corrected chi connectivity index (χ1v) is 11.0. The van der Waals surface area contributed by atoms with E-state index in [2.05, 4.69) is 5.32 Å². The molecule has 8 heteroatoms. The maximum Gasteiger partial charge on any atom is 0.337 e. The second-order valence-corrected chi connectivity index (χ2v) is 8.74. The van der Waals surface area contributed by atoms with Gasteiger partial charge in [-0.25, -0.2) is 9.36 Å². The molecular weight excluding hydrogens is 434 g/mol. The van der Waals surface area contributed by atoms with Crippen LogP contribution in [-0.2, 0) is 17.8 Å². The molecule has 0 aliphatic carbocycles. The van der Waals surface area contributed by atoms with Crippen molar-refractivity contribution in [1.29, 1.82) is 0 Å². The fourth-order valence-electron chi connectivity index (χ4n) is 3.34. The summed E-state index contributed by atoms with van der Waals surface area (Å²) in [5, 5.41) is 3.63. The summed E-state index contributed by atoms with van der Waals surface area (Å²) in [4.78, 5) is 40.7. The number of thiophene rings is 1. The molecule has 0 aliphatic rings. The molecule has 158 valence electrons. The van der Waals surface area contributed by atoms with Crippen LogP contribution in [0.5, 0.6) is 0 Å². The van der Waals surface area contributed by atoms with Gasteiger partial charge in [0.15, 0.2) is 0 Å². The SMILES string of the molecule is CCc1cc2c(=O)n(-c3cccc(Cl)c3)c(=O)n(CC(=O)Nc3ccc(C)cc3)c2s1. The molecule has 31 heavy (non-hydrogen) atoms. The van der Waals surface area contributed by atoms with E-state index >= 15 is 0 Å². The summed E-state index contributed by atoms with van der Waals surface area (Å²) in [5.41, 5.74) is 1.08. The van der Waals surface area contributed by atoms with Crippen molar-refractivity contribution in [3.05, 3.63) is 90.9 Å².